The van der Waals surface area contributed by atoms with Gasteiger partial charge in [0.2, 0.25) is 11.9 Å². The Hall–Kier alpha value is -6.37. The maximum Gasteiger partial charge on any atom is 0.230 e. The van der Waals surface area contributed by atoms with E-state index in [1.807, 2.05) is 42.9 Å². The first-order chi connectivity index (χ1) is 35.8. The first-order valence-corrected chi connectivity index (χ1v) is 27.3. The summed E-state index contributed by atoms with van der Waals surface area (Å²) in [6.45, 7) is 18.0. The van der Waals surface area contributed by atoms with E-state index in [0.29, 0.717) is 35.2 Å². The van der Waals surface area contributed by atoms with Crippen molar-refractivity contribution in [1.82, 2.24) is 69.2 Å². The fraction of sp³-hybridized carbons (Fsp3) is 0.519. The molecule has 0 unspecified atom stereocenters. The third-order valence-corrected chi connectivity index (χ3v) is 16.1. The number of hydrogen-bond acceptors (Lipinski definition) is 16. The summed E-state index contributed by atoms with van der Waals surface area (Å²) in [5.41, 5.74) is 11.7. The first-order valence-electron chi connectivity index (χ1n) is 26.9. The van der Waals surface area contributed by atoms with Crippen molar-refractivity contribution in [2.45, 2.75) is 129 Å². The van der Waals surface area contributed by atoms with Crippen LogP contribution in [0.2, 0.25) is 5.15 Å². The van der Waals surface area contributed by atoms with Gasteiger partial charge in [0.25, 0.3) is 0 Å². The zero-order chi connectivity index (χ0) is 50.3. The zero-order valence-corrected chi connectivity index (χ0v) is 43.7. The molecule has 0 amide bonds. The summed E-state index contributed by atoms with van der Waals surface area (Å²) < 4.78 is 4.47. The van der Waals surface area contributed by atoms with Gasteiger partial charge in [-0.1, -0.05) is 65.0 Å². The van der Waals surface area contributed by atoms with Crippen LogP contribution in [0.1, 0.15) is 117 Å². The molecule has 18 nitrogen and oxygen atoms in total. The smallest absolute Gasteiger partial charge is 0.230 e. The van der Waals surface area contributed by atoms with Gasteiger partial charge in [-0.2, -0.15) is 20.2 Å². The lowest BCUT2D eigenvalue weighted by atomic mass is 10.0. The van der Waals surface area contributed by atoms with Crippen LogP contribution in [0.3, 0.4) is 0 Å². The molecular formula is C54H71ClN18. The maximum atomic E-state index is 5.82. The molecule has 2 aliphatic carbocycles. The molecule has 19 heteroatoms. The summed E-state index contributed by atoms with van der Waals surface area (Å²) in [6, 6.07) is 14.4. The van der Waals surface area contributed by atoms with E-state index in [0.717, 1.165) is 121 Å². The average molecular weight is 1010 g/mol. The highest BCUT2D eigenvalue weighted by Gasteiger charge is 2.27. The molecule has 10 heterocycles. The van der Waals surface area contributed by atoms with Crippen molar-refractivity contribution in [3.8, 4) is 0 Å². The number of nitrogens with zero attached hydrogens (tertiary/aromatic N) is 16. The number of nitrogens with one attached hydrogen (secondary N) is 1. The second-order valence-corrected chi connectivity index (χ2v) is 20.2. The van der Waals surface area contributed by atoms with Crippen molar-refractivity contribution in [1.29, 1.82) is 0 Å². The topological polar surface area (TPSA) is 190 Å². The fourth-order valence-corrected chi connectivity index (χ4v) is 12.1. The number of piperidine rings is 2. The number of pyridine rings is 2. The number of nitrogens with two attached hydrogens (primary N) is 1. The van der Waals surface area contributed by atoms with Crippen LogP contribution >= 0.6 is 11.6 Å². The summed E-state index contributed by atoms with van der Waals surface area (Å²) in [7, 11) is 0. The molecule has 12 rings (SSSR count). The van der Waals surface area contributed by atoms with Gasteiger partial charge in [0.15, 0.2) is 11.3 Å². The minimum absolute atomic E-state index is 0.308. The van der Waals surface area contributed by atoms with Gasteiger partial charge >= 0.3 is 0 Å². The van der Waals surface area contributed by atoms with Crippen molar-refractivity contribution in [2.75, 3.05) is 73.2 Å². The highest BCUT2D eigenvalue weighted by atomic mass is 35.5. The van der Waals surface area contributed by atoms with Crippen molar-refractivity contribution < 1.29 is 0 Å². The highest BCUT2D eigenvalue weighted by Crippen LogP contribution is 2.38. The third-order valence-electron chi connectivity index (χ3n) is 15.8. The first kappa shape index (κ1) is 50.2. The number of aromatic nitrogens is 12. The van der Waals surface area contributed by atoms with E-state index >= 15 is 0 Å². The lowest BCUT2D eigenvalue weighted by Crippen LogP contribution is -2.44. The molecule has 0 radical (unpaired) electrons. The van der Waals surface area contributed by atoms with Crippen LogP contribution in [-0.2, 0) is 0 Å². The second kappa shape index (κ2) is 23.2. The Kier molecular flexibility index (Phi) is 16.0. The van der Waals surface area contributed by atoms with Crippen molar-refractivity contribution in [2.24, 2.45) is 0 Å². The van der Waals surface area contributed by atoms with Crippen molar-refractivity contribution in [3.63, 3.8) is 0 Å². The molecule has 384 valence electrons. The number of rotatable bonds is 12. The monoisotopic (exact) mass is 1010 g/mol. The Balaban J connectivity index is 0.000000139. The Bertz CT molecular complexity index is 3030. The molecular weight excluding hydrogens is 936 g/mol. The lowest BCUT2D eigenvalue weighted by Gasteiger charge is -2.38. The number of anilines is 5. The lowest BCUT2D eigenvalue weighted by molar-refractivity contribution is 0.186. The van der Waals surface area contributed by atoms with E-state index < -0.39 is 0 Å². The molecule has 73 heavy (non-hydrogen) atoms. The number of fused-ring (bicyclic) bond motifs is 6. The standard InChI is InChI=1S/C27H35N9.C14H22ClN3.C13H14N6/c1-3-34(4-2)19-12-15-35(16-13-19)21-9-10-24(28-17-21)31-27-29-18-23-22-11-14-30-33-26(22)36(25(23)32-27)20-7-5-6-8-20;1-3-17(4-2)12-7-9-18(10-8-12)13-5-6-14(15)16-11-13;14-13-15-7-10-9-5-6-16-18-12(9)19(11(10)17-13)8-3-1-2-4-8/h9-11,14,17-20H,3-8,12-13,15-16H2,1-2H3,(H,28,29,31,32);5-6,11-12H,3-4,7-10H2,1-2H3;5-8H,1-4H2,(H2,14,15,17). The van der Waals surface area contributed by atoms with E-state index in [9.17, 15) is 0 Å². The molecule has 0 atom stereocenters. The van der Waals surface area contributed by atoms with Gasteiger partial charge in [0.1, 0.15) is 22.3 Å². The van der Waals surface area contributed by atoms with Crippen molar-refractivity contribution >= 4 is 84.8 Å². The molecule has 2 saturated carbocycles. The van der Waals surface area contributed by atoms with Gasteiger partial charge in [0.05, 0.1) is 36.2 Å². The van der Waals surface area contributed by atoms with Crippen LogP contribution in [0, 0.1) is 0 Å². The fourth-order valence-electron chi connectivity index (χ4n) is 12.0. The van der Waals surface area contributed by atoms with Crippen LogP contribution in [0.15, 0.2) is 73.6 Å². The van der Waals surface area contributed by atoms with Gasteiger partial charge in [-0.05, 0) is 114 Å². The SMILES string of the molecule is CCN(CC)C1CCN(c2ccc(Cl)nc2)CC1.CCN(CC)C1CCN(c2ccc(Nc3ncc4c5ccnnc5n(C5CCCC5)c4n3)nc2)CC1.Nc1ncc2c3ccnnc3n(C3CCCC3)c2n1. The number of halogens is 1. The van der Waals surface area contributed by atoms with Crippen LogP contribution in [0.25, 0.3) is 44.1 Å². The summed E-state index contributed by atoms with van der Waals surface area (Å²) in [5.74, 6) is 1.61. The Morgan fingerprint density at radius 3 is 1.48 bits per heavy atom. The quantitative estimate of drug-likeness (QED) is 0.110. The molecule has 2 saturated heterocycles. The predicted octanol–water partition coefficient (Wildman–Crippen LogP) is 10.1. The largest absolute Gasteiger partial charge is 0.370 e. The molecule has 8 aromatic rings. The highest BCUT2D eigenvalue weighted by molar-refractivity contribution is 6.29. The van der Waals surface area contributed by atoms with E-state index in [4.69, 9.17) is 22.3 Å². The van der Waals surface area contributed by atoms with Gasteiger partial charge in [-0.15, -0.1) is 10.2 Å². The predicted molar refractivity (Wildman–Crippen MR) is 294 cm³/mol. The Morgan fingerprint density at radius 1 is 0.534 bits per heavy atom. The minimum Gasteiger partial charge on any atom is -0.370 e. The van der Waals surface area contributed by atoms with E-state index in [2.05, 4.69) is 119 Å². The van der Waals surface area contributed by atoms with E-state index in [-0.39, 0.29) is 0 Å². The zero-order valence-electron chi connectivity index (χ0n) is 43.0. The van der Waals surface area contributed by atoms with Crippen LogP contribution in [-0.4, -0.2) is 134 Å². The molecule has 8 aromatic heterocycles. The maximum absolute atomic E-state index is 5.82. The molecule has 4 fully saturated rings. The third kappa shape index (κ3) is 11.0. The number of nitrogen functional groups attached to an aromatic ring is 1. The molecule has 4 aliphatic rings. The summed E-state index contributed by atoms with van der Waals surface area (Å²) in [5, 5.41) is 24.9. The molecule has 3 N–H and O–H groups in total. The molecule has 0 aromatic carbocycles. The summed E-state index contributed by atoms with van der Waals surface area (Å²) in [4.78, 5) is 36.9. The number of hydrogen-bond donors (Lipinski definition) is 2. The van der Waals surface area contributed by atoms with Gasteiger partial charge in [-0.25, -0.2) is 19.9 Å². The molecule has 0 spiro atoms. The molecule has 0 bridgehead atoms. The van der Waals surface area contributed by atoms with Gasteiger partial charge < -0.3 is 39.8 Å². The van der Waals surface area contributed by atoms with Crippen LogP contribution in [0.4, 0.5) is 29.1 Å². The minimum atomic E-state index is 0.308. The summed E-state index contributed by atoms with van der Waals surface area (Å²) in [6.07, 6.45) is 25.5. The van der Waals surface area contributed by atoms with Crippen molar-refractivity contribution in [3.05, 3.63) is 78.7 Å². The van der Waals surface area contributed by atoms with Gasteiger partial charge in [-0.3, -0.25) is 0 Å². The summed E-state index contributed by atoms with van der Waals surface area (Å²) >= 11 is 5.82. The Morgan fingerprint density at radius 2 is 1.01 bits per heavy atom. The Labute approximate surface area is 433 Å². The second-order valence-electron chi connectivity index (χ2n) is 19.8. The van der Waals surface area contributed by atoms with Crippen LogP contribution < -0.4 is 20.9 Å². The van der Waals surface area contributed by atoms with E-state index in [1.54, 1.807) is 18.6 Å². The van der Waals surface area contributed by atoms with Crippen LogP contribution in [0.5, 0.6) is 0 Å². The normalized spacial score (nSPS) is 17.3. The average Bonchev–Trinajstić information content (AvgIpc) is 4.27. The van der Waals surface area contributed by atoms with E-state index in [1.165, 1.54) is 75.6 Å². The van der Waals surface area contributed by atoms with Gasteiger partial charge in [0, 0.05) is 84.3 Å². The molecule has 2 aliphatic heterocycles.